The van der Waals surface area contributed by atoms with Crippen molar-refractivity contribution in [1.82, 2.24) is 4.98 Å². The molecule has 1 atom stereocenters. The molecule has 0 fully saturated rings. The third-order valence-corrected chi connectivity index (χ3v) is 2.39. The molecule has 0 spiro atoms. The molecule has 1 nitrogen and oxygen atoms in total. The molecule has 0 saturated carbocycles. The van der Waals surface area contributed by atoms with E-state index in [-0.39, 0.29) is 0 Å². The monoisotopic (exact) mass is 167 g/mol. The number of halogens is 1. The van der Waals surface area contributed by atoms with Crippen molar-refractivity contribution < 1.29 is 0 Å². The Morgan fingerprint density at radius 1 is 1.45 bits per heavy atom. The van der Waals surface area contributed by atoms with E-state index < -0.39 is 0 Å². The molecule has 0 bridgehead atoms. The van der Waals surface area contributed by atoms with Gasteiger partial charge in [0, 0.05) is 6.20 Å². The largest absolute Gasteiger partial charge is 0.244 e. The summed E-state index contributed by atoms with van der Waals surface area (Å²) in [6, 6.07) is 1.99. The summed E-state index contributed by atoms with van der Waals surface area (Å²) < 4.78 is 0. The van der Waals surface area contributed by atoms with Gasteiger partial charge < -0.3 is 0 Å². The zero-order chi connectivity index (χ0) is 7.84. The van der Waals surface area contributed by atoms with Gasteiger partial charge in [-0.25, -0.2) is 4.98 Å². The maximum Gasteiger partial charge on any atom is 0.129 e. The summed E-state index contributed by atoms with van der Waals surface area (Å²) in [7, 11) is 0. The number of fused-ring (bicyclic) bond motifs is 1. The fourth-order valence-electron chi connectivity index (χ4n) is 1.69. The standard InChI is InChI=1S/C9H10ClN/c1-6-2-7-4-9(10)11-5-8(7)3-6/h4-6H,2-3H2,1H3. The van der Waals surface area contributed by atoms with Crippen molar-refractivity contribution in [3.8, 4) is 0 Å². The van der Waals surface area contributed by atoms with Gasteiger partial charge in [0.2, 0.25) is 0 Å². The van der Waals surface area contributed by atoms with Crippen molar-refractivity contribution in [1.29, 1.82) is 0 Å². The molecule has 0 saturated heterocycles. The lowest BCUT2D eigenvalue weighted by Crippen LogP contribution is -1.89. The lowest BCUT2D eigenvalue weighted by atomic mass is 10.1. The molecular weight excluding hydrogens is 158 g/mol. The highest BCUT2D eigenvalue weighted by molar-refractivity contribution is 6.29. The average molecular weight is 168 g/mol. The van der Waals surface area contributed by atoms with Crippen molar-refractivity contribution in [3.05, 3.63) is 28.5 Å². The fraction of sp³-hybridized carbons (Fsp3) is 0.444. The molecule has 1 aromatic heterocycles. The Labute approximate surface area is 71.4 Å². The molecule has 1 unspecified atom stereocenters. The molecule has 0 aromatic carbocycles. The van der Waals surface area contributed by atoms with Gasteiger partial charge in [0.15, 0.2) is 0 Å². The van der Waals surface area contributed by atoms with Crippen molar-refractivity contribution in [2.24, 2.45) is 5.92 Å². The van der Waals surface area contributed by atoms with Crippen LogP contribution in [0.2, 0.25) is 5.15 Å². The highest BCUT2D eigenvalue weighted by Gasteiger charge is 2.17. The van der Waals surface area contributed by atoms with Crippen LogP contribution >= 0.6 is 11.6 Å². The van der Waals surface area contributed by atoms with Crippen molar-refractivity contribution in [2.75, 3.05) is 0 Å². The second-order valence-electron chi connectivity index (χ2n) is 3.29. The van der Waals surface area contributed by atoms with Crippen LogP contribution in [0.25, 0.3) is 0 Å². The first-order valence-corrected chi connectivity index (χ1v) is 4.27. The van der Waals surface area contributed by atoms with Crippen LogP contribution in [-0.4, -0.2) is 4.98 Å². The minimum atomic E-state index is 0.623. The maximum atomic E-state index is 5.76. The van der Waals surface area contributed by atoms with Gasteiger partial charge in [-0.1, -0.05) is 18.5 Å². The lowest BCUT2D eigenvalue weighted by Gasteiger charge is -1.95. The van der Waals surface area contributed by atoms with Crippen LogP contribution in [0, 0.1) is 5.92 Å². The van der Waals surface area contributed by atoms with E-state index in [1.54, 1.807) is 0 Å². The first-order valence-electron chi connectivity index (χ1n) is 3.89. The van der Waals surface area contributed by atoms with Gasteiger partial charge in [-0.15, -0.1) is 0 Å². The van der Waals surface area contributed by atoms with E-state index in [0.717, 1.165) is 12.3 Å². The van der Waals surface area contributed by atoms with E-state index in [9.17, 15) is 0 Å². The van der Waals surface area contributed by atoms with Crippen LogP contribution in [0.4, 0.5) is 0 Å². The molecule has 0 amide bonds. The summed E-state index contributed by atoms with van der Waals surface area (Å²) in [5.74, 6) is 0.769. The number of rotatable bonds is 0. The van der Waals surface area contributed by atoms with E-state index >= 15 is 0 Å². The highest BCUT2D eigenvalue weighted by atomic mass is 35.5. The molecule has 1 heterocycles. The van der Waals surface area contributed by atoms with E-state index in [2.05, 4.69) is 11.9 Å². The zero-order valence-electron chi connectivity index (χ0n) is 6.47. The van der Waals surface area contributed by atoms with Gasteiger partial charge in [-0.3, -0.25) is 0 Å². The Kier molecular flexibility index (Phi) is 1.61. The third kappa shape index (κ3) is 1.25. The number of hydrogen-bond donors (Lipinski definition) is 0. The average Bonchev–Trinajstić information content (AvgIpc) is 2.27. The Morgan fingerprint density at radius 3 is 3.00 bits per heavy atom. The summed E-state index contributed by atoms with van der Waals surface area (Å²) in [4.78, 5) is 4.05. The number of hydrogen-bond acceptors (Lipinski definition) is 1. The van der Waals surface area contributed by atoms with E-state index in [0.29, 0.717) is 5.15 Å². The summed E-state index contributed by atoms with van der Waals surface area (Å²) in [5.41, 5.74) is 2.76. The maximum absolute atomic E-state index is 5.76. The SMILES string of the molecule is CC1Cc2cnc(Cl)cc2C1. The minimum Gasteiger partial charge on any atom is -0.244 e. The molecule has 1 aromatic rings. The van der Waals surface area contributed by atoms with Gasteiger partial charge in [-0.2, -0.15) is 0 Å². The highest BCUT2D eigenvalue weighted by Crippen LogP contribution is 2.26. The smallest absolute Gasteiger partial charge is 0.129 e. The van der Waals surface area contributed by atoms with Crippen LogP contribution in [0.1, 0.15) is 18.1 Å². The van der Waals surface area contributed by atoms with Crippen LogP contribution in [-0.2, 0) is 12.8 Å². The van der Waals surface area contributed by atoms with Crippen molar-refractivity contribution >= 4 is 11.6 Å². The molecule has 2 rings (SSSR count). The fourth-order valence-corrected chi connectivity index (χ4v) is 1.87. The molecule has 0 aliphatic heterocycles. The molecular formula is C9H10ClN. The Morgan fingerprint density at radius 2 is 2.18 bits per heavy atom. The molecule has 2 heteroatoms. The number of pyridine rings is 1. The van der Waals surface area contributed by atoms with Gasteiger partial charge in [0.25, 0.3) is 0 Å². The molecule has 58 valence electrons. The minimum absolute atomic E-state index is 0.623. The van der Waals surface area contributed by atoms with Gasteiger partial charge in [-0.05, 0) is 36.0 Å². The zero-order valence-corrected chi connectivity index (χ0v) is 7.23. The predicted molar refractivity (Wildman–Crippen MR) is 45.8 cm³/mol. The van der Waals surface area contributed by atoms with Gasteiger partial charge >= 0.3 is 0 Å². The first kappa shape index (κ1) is 7.11. The molecule has 1 aliphatic carbocycles. The molecule has 0 radical (unpaired) electrons. The van der Waals surface area contributed by atoms with Crippen LogP contribution < -0.4 is 0 Å². The Balaban J connectivity index is 2.43. The Hall–Kier alpha value is -0.560. The summed E-state index contributed by atoms with van der Waals surface area (Å²) in [6.07, 6.45) is 4.23. The predicted octanol–water partition coefficient (Wildman–Crippen LogP) is 2.47. The topological polar surface area (TPSA) is 12.9 Å². The normalized spacial score (nSPS) is 21.8. The Bertz CT molecular complexity index is 283. The summed E-state index contributed by atoms with van der Waals surface area (Å²) in [5, 5.41) is 0.623. The quantitative estimate of drug-likeness (QED) is 0.541. The van der Waals surface area contributed by atoms with E-state index in [1.807, 2.05) is 12.3 Å². The van der Waals surface area contributed by atoms with Gasteiger partial charge in [0.05, 0.1) is 0 Å². The van der Waals surface area contributed by atoms with E-state index in [1.165, 1.54) is 17.5 Å². The number of nitrogens with zero attached hydrogens (tertiary/aromatic N) is 1. The molecule has 11 heavy (non-hydrogen) atoms. The van der Waals surface area contributed by atoms with Crippen LogP contribution in [0.3, 0.4) is 0 Å². The van der Waals surface area contributed by atoms with Crippen molar-refractivity contribution in [2.45, 2.75) is 19.8 Å². The van der Waals surface area contributed by atoms with Crippen LogP contribution in [0.15, 0.2) is 12.3 Å². The number of aromatic nitrogens is 1. The van der Waals surface area contributed by atoms with Crippen molar-refractivity contribution in [3.63, 3.8) is 0 Å². The lowest BCUT2D eigenvalue weighted by molar-refractivity contribution is 0.627. The summed E-state index contributed by atoms with van der Waals surface area (Å²) >= 11 is 5.76. The summed E-state index contributed by atoms with van der Waals surface area (Å²) in [6.45, 7) is 2.26. The van der Waals surface area contributed by atoms with E-state index in [4.69, 9.17) is 11.6 Å². The second-order valence-corrected chi connectivity index (χ2v) is 3.68. The molecule has 0 N–H and O–H groups in total. The first-order chi connectivity index (χ1) is 5.25. The van der Waals surface area contributed by atoms with Gasteiger partial charge in [0.1, 0.15) is 5.15 Å². The third-order valence-electron chi connectivity index (χ3n) is 2.19. The van der Waals surface area contributed by atoms with Crippen LogP contribution in [0.5, 0.6) is 0 Å². The second kappa shape index (κ2) is 2.49. The molecule has 1 aliphatic rings.